The summed E-state index contributed by atoms with van der Waals surface area (Å²) in [6.45, 7) is 1.56. The highest BCUT2D eigenvalue weighted by Gasteiger charge is 2.48. The molecule has 0 saturated heterocycles. The highest BCUT2D eigenvalue weighted by atomic mass is 79.9. The Morgan fingerprint density at radius 1 is 1.48 bits per heavy atom. The van der Waals surface area contributed by atoms with Crippen molar-refractivity contribution in [3.63, 3.8) is 0 Å². The molecule has 0 radical (unpaired) electrons. The molecule has 2 N–H and O–H groups in total. The highest BCUT2D eigenvalue weighted by Crippen LogP contribution is 2.49. The van der Waals surface area contributed by atoms with Crippen LogP contribution in [0.1, 0.15) is 6.92 Å². The Morgan fingerprint density at radius 3 is 2.57 bits per heavy atom. The number of primary amides is 1. The Hall–Kier alpha value is -0.860. The van der Waals surface area contributed by atoms with Crippen LogP contribution in [0.3, 0.4) is 0 Å². The second kappa shape index (κ2) is 5.73. The first-order valence-electron chi connectivity index (χ1n) is 5.65. The summed E-state index contributed by atoms with van der Waals surface area (Å²) in [6.07, 6.45) is -4.69. The number of carbonyl (C=O) groups excluding carboxylic acids is 1. The van der Waals surface area contributed by atoms with Gasteiger partial charge >= 0.3 is 6.18 Å². The van der Waals surface area contributed by atoms with Gasteiger partial charge in [-0.25, -0.2) is 0 Å². The van der Waals surface area contributed by atoms with E-state index >= 15 is 0 Å². The third-order valence-corrected chi connectivity index (χ3v) is 4.82. The van der Waals surface area contributed by atoms with Gasteiger partial charge in [-0.1, -0.05) is 23.4 Å². The van der Waals surface area contributed by atoms with Gasteiger partial charge in [0.25, 0.3) is 5.91 Å². The van der Waals surface area contributed by atoms with Gasteiger partial charge < -0.3 is 10.6 Å². The maximum atomic E-state index is 13.3. The number of nitrogens with zero attached hydrogens (tertiary/aromatic N) is 1. The van der Waals surface area contributed by atoms with Crippen LogP contribution in [0.2, 0.25) is 5.02 Å². The second-order valence-electron chi connectivity index (χ2n) is 4.22. The van der Waals surface area contributed by atoms with Gasteiger partial charge in [0.15, 0.2) is 0 Å². The van der Waals surface area contributed by atoms with E-state index in [9.17, 15) is 18.0 Å². The molecule has 1 aromatic carbocycles. The van der Waals surface area contributed by atoms with Crippen molar-refractivity contribution in [2.75, 3.05) is 4.90 Å². The molecule has 114 valence electrons. The number of benzene rings is 1. The Kier molecular flexibility index (Phi) is 4.51. The number of rotatable bonds is 2. The van der Waals surface area contributed by atoms with E-state index in [0.717, 1.165) is 16.7 Å². The first-order chi connectivity index (χ1) is 9.62. The fourth-order valence-electron chi connectivity index (χ4n) is 2.00. The minimum absolute atomic E-state index is 0.267. The fraction of sp³-hybridized carbons (Fsp3) is 0.250. The molecule has 1 atom stereocenters. The summed E-state index contributed by atoms with van der Waals surface area (Å²) < 4.78 is 40.4. The number of nitrogens with two attached hydrogens (primary N) is 1. The van der Waals surface area contributed by atoms with E-state index in [1.165, 1.54) is 18.2 Å². The van der Waals surface area contributed by atoms with E-state index < -0.39 is 28.1 Å². The normalized spacial score (nSPS) is 19.3. The van der Waals surface area contributed by atoms with Gasteiger partial charge in [-0.2, -0.15) is 13.2 Å². The molecule has 0 aromatic heterocycles. The number of allylic oxidation sites excluding steroid dienone is 1. The van der Waals surface area contributed by atoms with Crippen LogP contribution in [-0.2, 0) is 4.79 Å². The SMILES string of the molecule is CC1SC(C(N)=O)=C(C(F)(F)F)N1c1ccc(Cl)cc1Br. The van der Waals surface area contributed by atoms with E-state index in [-0.39, 0.29) is 5.69 Å². The summed E-state index contributed by atoms with van der Waals surface area (Å²) in [5, 5.41) is -0.237. The van der Waals surface area contributed by atoms with Crippen molar-refractivity contribution in [3.05, 3.63) is 38.3 Å². The molecule has 0 bridgehead atoms. The summed E-state index contributed by atoms with van der Waals surface area (Å²) in [5.74, 6) is -1.09. The topological polar surface area (TPSA) is 46.3 Å². The van der Waals surface area contributed by atoms with Crippen LogP contribution in [0.5, 0.6) is 0 Å². The maximum absolute atomic E-state index is 13.3. The number of hydrogen-bond donors (Lipinski definition) is 1. The van der Waals surface area contributed by atoms with Crippen molar-refractivity contribution in [3.8, 4) is 0 Å². The summed E-state index contributed by atoms with van der Waals surface area (Å²) >= 11 is 9.78. The van der Waals surface area contributed by atoms with Gasteiger partial charge in [-0.3, -0.25) is 4.79 Å². The summed E-state index contributed by atoms with van der Waals surface area (Å²) in [5.41, 5.74) is 4.29. The minimum Gasteiger partial charge on any atom is -0.365 e. The summed E-state index contributed by atoms with van der Waals surface area (Å²) in [6, 6.07) is 4.43. The van der Waals surface area contributed by atoms with E-state index in [1.807, 2.05) is 0 Å². The van der Waals surface area contributed by atoms with Crippen molar-refractivity contribution in [2.24, 2.45) is 5.73 Å². The average molecular weight is 402 g/mol. The van der Waals surface area contributed by atoms with E-state index in [0.29, 0.717) is 9.50 Å². The lowest BCUT2D eigenvalue weighted by molar-refractivity contribution is -0.115. The molecule has 3 nitrogen and oxygen atoms in total. The van der Waals surface area contributed by atoms with E-state index in [1.54, 1.807) is 6.92 Å². The second-order valence-corrected chi connectivity index (χ2v) is 6.84. The maximum Gasteiger partial charge on any atom is 0.432 e. The lowest BCUT2D eigenvalue weighted by Gasteiger charge is -2.28. The van der Waals surface area contributed by atoms with Crippen molar-refractivity contribution >= 4 is 50.9 Å². The lowest BCUT2D eigenvalue weighted by atomic mass is 10.2. The number of alkyl halides is 3. The zero-order chi connectivity index (χ0) is 15.9. The summed E-state index contributed by atoms with van der Waals surface area (Å²) in [7, 11) is 0. The largest absolute Gasteiger partial charge is 0.432 e. The molecule has 0 saturated carbocycles. The molecule has 9 heteroatoms. The van der Waals surface area contributed by atoms with Gasteiger partial charge in [0, 0.05) is 9.50 Å². The fourth-order valence-corrected chi connectivity index (χ4v) is 3.98. The number of hydrogen-bond acceptors (Lipinski definition) is 3. The van der Waals surface area contributed by atoms with Gasteiger partial charge in [0.1, 0.15) is 10.6 Å². The zero-order valence-corrected chi connectivity index (χ0v) is 13.7. The average Bonchev–Trinajstić information content (AvgIpc) is 2.67. The molecule has 1 unspecified atom stereocenters. The predicted molar refractivity (Wildman–Crippen MR) is 81.0 cm³/mol. The Bertz CT molecular complexity index is 635. The van der Waals surface area contributed by atoms with Gasteiger partial charge in [-0.05, 0) is 41.1 Å². The number of thioether (sulfide) groups is 1. The third-order valence-electron chi connectivity index (χ3n) is 2.77. The van der Waals surface area contributed by atoms with Crippen LogP contribution in [0.4, 0.5) is 18.9 Å². The number of amides is 1. The summed E-state index contributed by atoms with van der Waals surface area (Å²) in [4.78, 5) is 11.8. The number of carbonyl (C=O) groups is 1. The molecule has 0 spiro atoms. The van der Waals surface area contributed by atoms with Crippen LogP contribution < -0.4 is 10.6 Å². The molecule has 21 heavy (non-hydrogen) atoms. The van der Waals surface area contributed by atoms with Crippen molar-refractivity contribution in [2.45, 2.75) is 18.5 Å². The van der Waals surface area contributed by atoms with Crippen molar-refractivity contribution < 1.29 is 18.0 Å². The molecular weight excluding hydrogens is 393 g/mol. The van der Waals surface area contributed by atoms with E-state index in [2.05, 4.69) is 15.9 Å². The van der Waals surface area contributed by atoms with Crippen LogP contribution in [0.25, 0.3) is 0 Å². The first-order valence-corrected chi connectivity index (χ1v) is 7.70. The quantitative estimate of drug-likeness (QED) is 0.805. The minimum atomic E-state index is -4.69. The number of halogens is 5. The van der Waals surface area contributed by atoms with Crippen LogP contribution >= 0.6 is 39.3 Å². The Balaban J connectivity index is 2.62. The molecular formula is C12H9BrClF3N2OS. The predicted octanol–water partition coefficient (Wildman–Crippen LogP) is 4.26. The first kappa shape index (κ1) is 16.5. The van der Waals surface area contributed by atoms with Crippen molar-refractivity contribution in [1.29, 1.82) is 0 Å². The molecule has 1 aliphatic rings. The molecule has 2 rings (SSSR count). The van der Waals surface area contributed by atoms with Gasteiger partial charge in [-0.15, -0.1) is 0 Å². The third kappa shape index (κ3) is 3.17. The molecule has 0 aliphatic carbocycles. The molecule has 1 aliphatic heterocycles. The monoisotopic (exact) mass is 400 g/mol. The number of anilines is 1. The molecule has 1 heterocycles. The Labute approximate surface area is 136 Å². The lowest BCUT2D eigenvalue weighted by Crippen LogP contribution is -2.34. The van der Waals surface area contributed by atoms with Gasteiger partial charge in [0.2, 0.25) is 0 Å². The van der Waals surface area contributed by atoms with Crippen LogP contribution in [0, 0.1) is 0 Å². The van der Waals surface area contributed by atoms with Crippen molar-refractivity contribution in [1.82, 2.24) is 0 Å². The molecule has 1 amide bonds. The molecule has 0 fully saturated rings. The Morgan fingerprint density at radius 2 is 2.10 bits per heavy atom. The van der Waals surface area contributed by atoms with E-state index in [4.69, 9.17) is 17.3 Å². The van der Waals surface area contributed by atoms with Gasteiger partial charge in [0.05, 0.1) is 11.1 Å². The zero-order valence-electron chi connectivity index (χ0n) is 10.5. The highest BCUT2D eigenvalue weighted by molar-refractivity contribution is 9.10. The van der Waals surface area contributed by atoms with Crippen LogP contribution in [-0.4, -0.2) is 17.5 Å². The standard InChI is InChI=1S/C12H9BrClF3N2OS/c1-5-19(8-3-2-6(14)4-7(8)13)10(12(15,16)17)9(21-5)11(18)20/h2-5H,1H3,(H2,18,20). The van der Waals surface area contributed by atoms with Crippen LogP contribution in [0.15, 0.2) is 33.3 Å². The molecule has 1 aromatic rings. The smallest absolute Gasteiger partial charge is 0.365 e.